The summed E-state index contributed by atoms with van der Waals surface area (Å²) in [5.41, 5.74) is 1.28. The Labute approximate surface area is 115 Å². The lowest BCUT2D eigenvalue weighted by molar-refractivity contribution is 0.428. The van der Waals surface area contributed by atoms with E-state index < -0.39 is 0 Å². The fraction of sp³-hybridized carbons (Fsp3) is 0.571. The van der Waals surface area contributed by atoms with Crippen LogP contribution in [0.3, 0.4) is 0 Å². The maximum absolute atomic E-state index is 5.87. The molecule has 0 heterocycles. The van der Waals surface area contributed by atoms with Gasteiger partial charge >= 0.3 is 0 Å². The zero-order valence-corrected chi connectivity index (χ0v) is 11.9. The number of rotatable bonds is 8. The van der Waals surface area contributed by atoms with E-state index in [1.165, 1.54) is 12.0 Å². The summed E-state index contributed by atoms with van der Waals surface area (Å²) in [6, 6.07) is 10.6. The van der Waals surface area contributed by atoms with Crippen molar-refractivity contribution in [2.45, 2.75) is 31.7 Å². The monoisotopic (exact) mass is 273 g/mol. The van der Waals surface area contributed by atoms with Crippen LogP contribution in [0.2, 0.25) is 0 Å². The topological polar surface area (TPSA) is 12.0 Å². The number of aryl methyl sites for hydroxylation is 1. The van der Waals surface area contributed by atoms with Gasteiger partial charge in [-0.05, 0) is 38.3 Å². The number of halogens is 2. The average Bonchev–Trinajstić information content (AvgIpc) is 2.39. The van der Waals surface area contributed by atoms with Gasteiger partial charge in [-0.25, -0.2) is 0 Å². The van der Waals surface area contributed by atoms with Crippen LogP contribution in [0.5, 0.6) is 0 Å². The minimum atomic E-state index is -0.129. The molecule has 0 aromatic heterocycles. The highest BCUT2D eigenvalue weighted by atomic mass is 35.5. The fourth-order valence-corrected chi connectivity index (χ4v) is 2.09. The molecule has 0 aliphatic rings. The quantitative estimate of drug-likeness (QED) is 0.561. The fourth-order valence-electron chi connectivity index (χ4n) is 1.62. The minimum absolute atomic E-state index is 0.129. The maximum Gasteiger partial charge on any atom is 0.0425 e. The lowest BCUT2D eigenvalue weighted by Crippen LogP contribution is -2.46. The van der Waals surface area contributed by atoms with E-state index in [1.807, 2.05) is 0 Å². The molecule has 1 N–H and O–H groups in total. The van der Waals surface area contributed by atoms with Crippen molar-refractivity contribution in [1.29, 1.82) is 0 Å². The normalized spacial score (nSPS) is 11.7. The van der Waals surface area contributed by atoms with Gasteiger partial charge in [0.05, 0.1) is 0 Å². The largest absolute Gasteiger partial charge is 0.309 e. The van der Waals surface area contributed by atoms with E-state index in [4.69, 9.17) is 23.2 Å². The van der Waals surface area contributed by atoms with Crippen molar-refractivity contribution in [2.24, 2.45) is 0 Å². The number of alkyl halides is 2. The van der Waals surface area contributed by atoms with Gasteiger partial charge in [0.25, 0.3) is 0 Å². The van der Waals surface area contributed by atoms with Crippen LogP contribution in [0.15, 0.2) is 30.3 Å². The lowest BCUT2D eigenvalue weighted by Gasteiger charge is -2.25. The Balaban J connectivity index is 2.13. The Morgan fingerprint density at radius 3 is 2.29 bits per heavy atom. The summed E-state index contributed by atoms with van der Waals surface area (Å²) in [6.07, 6.45) is 3.48. The van der Waals surface area contributed by atoms with Gasteiger partial charge in [0.1, 0.15) is 0 Å². The number of hydrogen-bond donors (Lipinski definition) is 1. The molecule has 1 aromatic carbocycles. The van der Waals surface area contributed by atoms with Crippen LogP contribution in [0.25, 0.3) is 0 Å². The average molecular weight is 274 g/mol. The second-order valence-electron chi connectivity index (χ2n) is 4.70. The zero-order valence-electron chi connectivity index (χ0n) is 10.4. The predicted octanol–water partition coefficient (Wildman–Crippen LogP) is 3.84. The Hall–Kier alpha value is -0.240. The summed E-state index contributed by atoms with van der Waals surface area (Å²) < 4.78 is 0. The molecular formula is C14H21Cl2N. The van der Waals surface area contributed by atoms with E-state index in [0.29, 0.717) is 11.8 Å². The standard InChI is InChI=1S/C14H21Cl2N/c1-14(11-15,12-16)17-10-6-5-9-13-7-3-2-4-8-13/h2-4,7-8,17H,5-6,9-12H2,1H3. The summed E-state index contributed by atoms with van der Waals surface area (Å²) in [6.45, 7) is 3.03. The predicted molar refractivity (Wildman–Crippen MR) is 77.2 cm³/mol. The molecule has 1 aromatic rings. The smallest absolute Gasteiger partial charge is 0.0425 e. The summed E-state index contributed by atoms with van der Waals surface area (Å²) in [7, 11) is 0. The van der Waals surface area contributed by atoms with Crippen molar-refractivity contribution < 1.29 is 0 Å². The molecule has 0 aliphatic carbocycles. The molecule has 3 heteroatoms. The molecule has 0 bridgehead atoms. The highest BCUT2D eigenvalue weighted by Gasteiger charge is 2.20. The van der Waals surface area contributed by atoms with Crippen LogP contribution in [-0.4, -0.2) is 23.8 Å². The van der Waals surface area contributed by atoms with Gasteiger partial charge in [0, 0.05) is 17.3 Å². The van der Waals surface area contributed by atoms with Crippen molar-refractivity contribution in [1.82, 2.24) is 5.32 Å². The van der Waals surface area contributed by atoms with E-state index in [0.717, 1.165) is 19.4 Å². The minimum Gasteiger partial charge on any atom is -0.309 e. The Morgan fingerprint density at radius 1 is 1.06 bits per heavy atom. The van der Waals surface area contributed by atoms with E-state index in [1.54, 1.807) is 0 Å². The van der Waals surface area contributed by atoms with Crippen molar-refractivity contribution in [3.05, 3.63) is 35.9 Å². The van der Waals surface area contributed by atoms with Crippen LogP contribution >= 0.6 is 23.2 Å². The number of hydrogen-bond acceptors (Lipinski definition) is 1. The number of unbranched alkanes of at least 4 members (excludes halogenated alkanes) is 1. The second kappa shape index (κ2) is 7.97. The van der Waals surface area contributed by atoms with Gasteiger partial charge in [-0.1, -0.05) is 30.3 Å². The molecule has 0 atom stereocenters. The molecule has 17 heavy (non-hydrogen) atoms. The first-order valence-electron chi connectivity index (χ1n) is 6.11. The summed E-state index contributed by atoms with van der Waals surface area (Å²) in [5, 5.41) is 3.42. The summed E-state index contributed by atoms with van der Waals surface area (Å²) >= 11 is 11.7. The molecule has 0 spiro atoms. The molecule has 0 radical (unpaired) electrons. The third-order valence-electron chi connectivity index (χ3n) is 2.88. The SMILES string of the molecule is CC(CCl)(CCl)NCCCCc1ccccc1. The first-order chi connectivity index (χ1) is 8.20. The second-order valence-corrected chi connectivity index (χ2v) is 5.23. The molecule has 0 amide bonds. The third-order valence-corrected chi connectivity index (χ3v) is 4.06. The molecular weight excluding hydrogens is 253 g/mol. The van der Waals surface area contributed by atoms with E-state index in [-0.39, 0.29) is 5.54 Å². The molecule has 0 fully saturated rings. The number of benzene rings is 1. The van der Waals surface area contributed by atoms with Gasteiger partial charge in [-0.3, -0.25) is 0 Å². The number of nitrogens with one attached hydrogen (secondary N) is 1. The lowest BCUT2D eigenvalue weighted by atomic mass is 10.1. The van der Waals surface area contributed by atoms with Gasteiger partial charge in [-0.2, -0.15) is 0 Å². The Bertz CT molecular complexity index is 296. The van der Waals surface area contributed by atoms with Crippen molar-refractivity contribution in [3.63, 3.8) is 0 Å². The van der Waals surface area contributed by atoms with Crippen molar-refractivity contribution >= 4 is 23.2 Å². The van der Waals surface area contributed by atoms with Gasteiger partial charge in [0.15, 0.2) is 0 Å². The Morgan fingerprint density at radius 2 is 1.71 bits per heavy atom. The van der Waals surface area contributed by atoms with Crippen LogP contribution in [0.1, 0.15) is 25.3 Å². The van der Waals surface area contributed by atoms with Crippen LogP contribution in [0.4, 0.5) is 0 Å². The molecule has 0 saturated carbocycles. The van der Waals surface area contributed by atoms with Crippen LogP contribution < -0.4 is 5.32 Å². The molecule has 1 rings (SSSR count). The van der Waals surface area contributed by atoms with Crippen molar-refractivity contribution in [2.75, 3.05) is 18.3 Å². The molecule has 96 valence electrons. The van der Waals surface area contributed by atoms with E-state index in [2.05, 4.69) is 42.6 Å². The van der Waals surface area contributed by atoms with Gasteiger partial charge in [-0.15, -0.1) is 23.2 Å². The Kier molecular flexibility index (Phi) is 6.94. The van der Waals surface area contributed by atoms with Gasteiger partial charge in [0.2, 0.25) is 0 Å². The molecule has 0 aliphatic heterocycles. The summed E-state index contributed by atoms with van der Waals surface area (Å²) in [4.78, 5) is 0. The molecule has 0 saturated heterocycles. The van der Waals surface area contributed by atoms with Crippen LogP contribution in [-0.2, 0) is 6.42 Å². The maximum atomic E-state index is 5.87. The first kappa shape index (κ1) is 14.8. The van der Waals surface area contributed by atoms with E-state index in [9.17, 15) is 0 Å². The zero-order chi connectivity index (χ0) is 12.6. The molecule has 0 unspecified atom stereocenters. The van der Waals surface area contributed by atoms with Crippen LogP contribution in [0, 0.1) is 0 Å². The third kappa shape index (κ3) is 5.76. The van der Waals surface area contributed by atoms with Gasteiger partial charge < -0.3 is 5.32 Å². The highest BCUT2D eigenvalue weighted by Crippen LogP contribution is 2.09. The van der Waals surface area contributed by atoms with E-state index >= 15 is 0 Å². The van der Waals surface area contributed by atoms with Crippen molar-refractivity contribution in [3.8, 4) is 0 Å². The first-order valence-corrected chi connectivity index (χ1v) is 7.18. The molecule has 1 nitrogen and oxygen atoms in total. The highest BCUT2D eigenvalue weighted by molar-refractivity contribution is 6.22. The summed E-state index contributed by atoms with van der Waals surface area (Å²) in [5.74, 6) is 1.10.